The molecule has 3 heterocycles. The van der Waals surface area contributed by atoms with E-state index in [4.69, 9.17) is 9.47 Å². The number of likely N-dealkylation sites (tertiary alicyclic amines) is 1. The Kier molecular flexibility index (Phi) is 5.06. The molecule has 1 fully saturated rings. The predicted octanol–water partition coefficient (Wildman–Crippen LogP) is 4.18. The number of amides is 1. The van der Waals surface area contributed by atoms with Gasteiger partial charge in [-0.1, -0.05) is 30.0 Å². The molecule has 0 saturated carbocycles. The maximum absolute atomic E-state index is 13.0. The highest BCUT2D eigenvalue weighted by atomic mass is 32.2. The van der Waals surface area contributed by atoms with Crippen LogP contribution in [-0.4, -0.2) is 46.3 Å². The number of aromatic amines is 1. The Bertz CT molecular complexity index is 1000. The van der Waals surface area contributed by atoms with Gasteiger partial charge in [0.25, 0.3) is 0 Å². The maximum Gasteiger partial charge on any atom is 0.233 e. The van der Waals surface area contributed by atoms with Gasteiger partial charge in [-0.3, -0.25) is 4.79 Å². The lowest BCUT2D eigenvalue weighted by molar-refractivity contribution is -0.129. The van der Waals surface area contributed by atoms with E-state index in [0.29, 0.717) is 19.0 Å². The van der Waals surface area contributed by atoms with Gasteiger partial charge < -0.3 is 19.4 Å². The van der Waals surface area contributed by atoms with Crippen molar-refractivity contribution in [3.05, 3.63) is 48.0 Å². The molecule has 150 valence electrons. The summed E-state index contributed by atoms with van der Waals surface area (Å²) in [5.41, 5.74) is 3.04. The molecule has 2 aliphatic heterocycles. The number of aromatic nitrogens is 2. The molecule has 1 unspecified atom stereocenters. The number of carbonyl (C=O) groups is 1. The van der Waals surface area contributed by atoms with Gasteiger partial charge in [0, 0.05) is 13.0 Å². The Morgan fingerprint density at radius 2 is 2.00 bits per heavy atom. The number of rotatable bonds is 4. The minimum atomic E-state index is 0.0935. The van der Waals surface area contributed by atoms with Crippen LogP contribution in [0.4, 0.5) is 0 Å². The van der Waals surface area contributed by atoms with E-state index in [1.807, 2.05) is 41.3 Å². The largest absolute Gasteiger partial charge is 0.490 e. The summed E-state index contributed by atoms with van der Waals surface area (Å²) < 4.78 is 11.6. The second-order valence-corrected chi connectivity index (χ2v) is 8.31. The lowest BCUT2D eigenvalue weighted by atomic mass is 10.0. The Balaban J connectivity index is 1.28. The number of hydrogen-bond donors (Lipinski definition) is 1. The fraction of sp³-hybridized carbons (Fsp3) is 0.364. The standard InChI is InChI=1S/C22H23N3O3S/c26-21(14-29-22-23-16-5-1-2-6-17(16)24-22)25-10-3-7-18(25)15-8-9-19-20(13-15)28-12-4-11-27-19/h1-2,5-6,8-9,13,18H,3-4,7,10-12,14H2,(H,23,24). The van der Waals surface area contributed by atoms with Crippen molar-refractivity contribution in [1.82, 2.24) is 14.9 Å². The quantitative estimate of drug-likeness (QED) is 0.655. The Morgan fingerprint density at radius 3 is 2.90 bits per heavy atom. The van der Waals surface area contributed by atoms with Crippen LogP contribution < -0.4 is 9.47 Å². The lowest BCUT2D eigenvalue weighted by Crippen LogP contribution is -2.32. The van der Waals surface area contributed by atoms with Crippen molar-refractivity contribution in [3.63, 3.8) is 0 Å². The molecule has 3 aromatic rings. The van der Waals surface area contributed by atoms with E-state index in [1.165, 1.54) is 11.8 Å². The van der Waals surface area contributed by atoms with Gasteiger partial charge in [0.2, 0.25) is 5.91 Å². The van der Waals surface area contributed by atoms with E-state index in [-0.39, 0.29) is 11.9 Å². The first kappa shape index (κ1) is 18.4. The monoisotopic (exact) mass is 409 g/mol. The van der Waals surface area contributed by atoms with Crippen LogP contribution in [-0.2, 0) is 4.79 Å². The third-order valence-electron chi connectivity index (χ3n) is 5.43. The van der Waals surface area contributed by atoms with E-state index < -0.39 is 0 Å². The molecule has 5 rings (SSSR count). The van der Waals surface area contributed by atoms with Gasteiger partial charge in [-0.15, -0.1) is 0 Å². The molecule has 0 radical (unpaired) electrons. The van der Waals surface area contributed by atoms with E-state index >= 15 is 0 Å². The third-order valence-corrected chi connectivity index (χ3v) is 6.29. The molecular formula is C22H23N3O3S. The van der Waals surface area contributed by atoms with Crippen LogP contribution in [0.3, 0.4) is 0 Å². The van der Waals surface area contributed by atoms with Gasteiger partial charge in [0.1, 0.15) is 0 Å². The Morgan fingerprint density at radius 1 is 1.14 bits per heavy atom. The minimum Gasteiger partial charge on any atom is -0.490 e. The molecule has 0 spiro atoms. The predicted molar refractivity (Wildman–Crippen MR) is 113 cm³/mol. The molecule has 29 heavy (non-hydrogen) atoms. The highest BCUT2D eigenvalue weighted by Gasteiger charge is 2.30. The topological polar surface area (TPSA) is 67.5 Å². The number of nitrogens with zero attached hydrogens (tertiary/aromatic N) is 2. The fourth-order valence-electron chi connectivity index (χ4n) is 4.01. The minimum absolute atomic E-state index is 0.0935. The third kappa shape index (κ3) is 3.79. The first-order chi connectivity index (χ1) is 14.3. The van der Waals surface area contributed by atoms with Crippen LogP contribution in [0.5, 0.6) is 11.5 Å². The molecule has 6 nitrogen and oxygen atoms in total. The zero-order valence-electron chi connectivity index (χ0n) is 16.1. The second-order valence-electron chi connectivity index (χ2n) is 7.35. The highest BCUT2D eigenvalue weighted by molar-refractivity contribution is 7.99. The van der Waals surface area contributed by atoms with Gasteiger partial charge in [0.15, 0.2) is 16.7 Å². The maximum atomic E-state index is 13.0. The summed E-state index contributed by atoms with van der Waals surface area (Å²) in [5, 5.41) is 0.783. The molecule has 1 saturated heterocycles. The number of H-pyrrole nitrogens is 1. The molecular weight excluding hydrogens is 386 g/mol. The number of fused-ring (bicyclic) bond motifs is 2. The summed E-state index contributed by atoms with van der Waals surface area (Å²) in [4.78, 5) is 22.8. The van der Waals surface area contributed by atoms with Crippen LogP contribution in [0.15, 0.2) is 47.6 Å². The van der Waals surface area contributed by atoms with Gasteiger partial charge >= 0.3 is 0 Å². The molecule has 0 bridgehead atoms. The highest BCUT2D eigenvalue weighted by Crippen LogP contribution is 2.38. The van der Waals surface area contributed by atoms with Crippen LogP contribution in [0, 0.1) is 0 Å². The number of imidazole rings is 1. The number of thioether (sulfide) groups is 1. The zero-order chi connectivity index (χ0) is 19.6. The van der Waals surface area contributed by atoms with E-state index in [2.05, 4.69) is 16.0 Å². The molecule has 7 heteroatoms. The number of carbonyl (C=O) groups excluding carboxylic acids is 1. The zero-order valence-corrected chi connectivity index (χ0v) is 16.9. The molecule has 1 amide bonds. The smallest absolute Gasteiger partial charge is 0.233 e. The number of hydrogen-bond acceptors (Lipinski definition) is 5. The molecule has 1 aromatic heterocycles. The van der Waals surface area contributed by atoms with Gasteiger partial charge in [0.05, 0.1) is 36.0 Å². The summed E-state index contributed by atoms with van der Waals surface area (Å²) in [5.74, 6) is 2.10. The van der Waals surface area contributed by atoms with E-state index in [9.17, 15) is 4.79 Å². The molecule has 2 aliphatic rings. The summed E-state index contributed by atoms with van der Waals surface area (Å²) in [6, 6.07) is 14.1. The van der Waals surface area contributed by atoms with Crippen LogP contribution >= 0.6 is 11.8 Å². The molecule has 2 aromatic carbocycles. The van der Waals surface area contributed by atoms with E-state index in [1.54, 1.807) is 0 Å². The second kappa shape index (κ2) is 7.99. The van der Waals surface area contributed by atoms with Crippen molar-refractivity contribution >= 4 is 28.7 Å². The number of nitrogens with one attached hydrogen (secondary N) is 1. The number of ether oxygens (including phenoxy) is 2. The summed E-state index contributed by atoms with van der Waals surface area (Å²) in [7, 11) is 0. The van der Waals surface area contributed by atoms with Crippen molar-refractivity contribution < 1.29 is 14.3 Å². The van der Waals surface area contributed by atoms with E-state index in [0.717, 1.165) is 59.1 Å². The average molecular weight is 410 g/mol. The Labute approximate surface area is 173 Å². The number of para-hydroxylation sites is 2. The molecule has 1 N–H and O–H groups in total. The lowest BCUT2D eigenvalue weighted by Gasteiger charge is -2.25. The summed E-state index contributed by atoms with van der Waals surface area (Å²) in [6.45, 7) is 2.13. The summed E-state index contributed by atoms with van der Waals surface area (Å²) >= 11 is 1.46. The van der Waals surface area contributed by atoms with Crippen LogP contribution in [0.25, 0.3) is 11.0 Å². The van der Waals surface area contributed by atoms with Crippen LogP contribution in [0.1, 0.15) is 30.9 Å². The van der Waals surface area contributed by atoms with Crippen molar-refractivity contribution in [1.29, 1.82) is 0 Å². The number of benzene rings is 2. The normalized spacial score (nSPS) is 18.8. The fourth-order valence-corrected chi connectivity index (χ4v) is 4.78. The van der Waals surface area contributed by atoms with Gasteiger partial charge in [-0.2, -0.15) is 0 Å². The van der Waals surface area contributed by atoms with Crippen molar-refractivity contribution in [2.75, 3.05) is 25.5 Å². The molecule has 0 aliphatic carbocycles. The summed E-state index contributed by atoms with van der Waals surface area (Å²) in [6.07, 6.45) is 2.87. The van der Waals surface area contributed by atoms with Crippen molar-refractivity contribution in [2.24, 2.45) is 0 Å². The first-order valence-electron chi connectivity index (χ1n) is 10.0. The van der Waals surface area contributed by atoms with Crippen molar-refractivity contribution in [3.8, 4) is 11.5 Å². The van der Waals surface area contributed by atoms with Gasteiger partial charge in [-0.25, -0.2) is 4.98 Å². The molecule has 1 atom stereocenters. The van der Waals surface area contributed by atoms with Crippen molar-refractivity contribution in [2.45, 2.75) is 30.5 Å². The Hall–Kier alpha value is -2.67. The van der Waals surface area contributed by atoms with Crippen LogP contribution in [0.2, 0.25) is 0 Å². The average Bonchev–Trinajstić information content (AvgIpc) is 3.33. The SMILES string of the molecule is O=C(CSc1nc2ccccc2[nH]1)N1CCCC1c1ccc2c(c1)OCCCO2. The van der Waals surface area contributed by atoms with Gasteiger partial charge in [-0.05, 0) is 42.7 Å². The first-order valence-corrected chi connectivity index (χ1v) is 11.0.